The molecule has 0 N–H and O–H groups in total. The van der Waals surface area contributed by atoms with Gasteiger partial charge in [-0.1, -0.05) is 6.07 Å². The fourth-order valence-corrected chi connectivity index (χ4v) is 0.814. The van der Waals surface area contributed by atoms with E-state index in [0.717, 1.165) is 0 Å². The molecule has 0 unspecified atom stereocenters. The number of esters is 1. The molecule has 0 atom stereocenters. The van der Waals surface area contributed by atoms with Gasteiger partial charge in [-0.2, -0.15) is 0 Å². The number of hydrogen-bond donors (Lipinski definition) is 0. The third-order valence-corrected chi connectivity index (χ3v) is 1.27. The Kier molecular flexibility index (Phi) is 2.66. The first-order valence-corrected chi connectivity index (χ1v) is 4.13. The summed E-state index contributed by atoms with van der Waals surface area (Å²) >= 11 is 0. The number of ether oxygens (including phenoxy) is 1. The highest BCUT2D eigenvalue weighted by Gasteiger charge is 2.17. The average molecular weight is 179 g/mol. The molecule has 0 fully saturated rings. The van der Waals surface area contributed by atoms with Gasteiger partial charge in [0, 0.05) is 6.20 Å². The van der Waals surface area contributed by atoms with E-state index in [9.17, 15) is 4.79 Å². The molecule has 3 heteroatoms. The van der Waals surface area contributed by atoms with E-state index in [1.165, 1.54) is 0 Å². The zero-order valence-corrected chi connectivity index (χ0v) is 8.07. The van der Waals surface area contributed by atoms with E-state index in [0.29, 0.717) is 5.69 Å². The van der Waals surface area contributed by atoms with Gasteiger partial charge in [-0.3, -0.25) is 0 Å². The van der Waals surface area contributed by atoms with Crippen molar-refractivity contribution in [3.05, 3.63) is 30.1 Å². The second kappa shape index (κ2) is 3.56. The van der Waals surface area contributed by atoms with Crippen LogP contribution in [0.3, 0.4) is 0 Å². The monoisotopic (exact) mass is 179 g/mol. The summed E-state index contributed by atoms with van der Waals surface area (Å²) in [6.07, 6.45) is 1.57. The summed E-state index contributed by atoms with van der Waals surface area (Å²) in [5, 5.41) is 0. The normalized spacial score (nSPS) is 11.0. The molecule has 0 saturated heterocycles. The van der Waals surface area contributed by atoms with E-state index in [1.807, 2.05) is 20.8 Å². The molecule has 0 spiro atoms. The van der Waals surface area contributed by atoms with Gasteiger partial charge < -0.3 is 4.74 Å². The lowest BCUT2D eigenvalue weighted by Crippen LogP contribution is -2.24. The van der Waals surface area contributed by atoms with Crippen LogP contribution in [0.25, 0.3) is 0 Å². The molecule has 0 radical (unpaired) electrons. The second-order valence-corrected chi connectivity index (χ2v) is 3.72. The fourth-order valence-electron chi connectivity index (χ4n) is 0.814. The highest BCUT2D eigenvalue weighted by molar-refractivity contribution is 5.87. The van der Waals surface area contributed by atoms with Crippen LogP contribution in [0.15, 0.2) is 24.4 Å². The van der Waals surface area contributed by atoms with Crippen LogP contribution in [0, 0.1) is 0 Å². The van der Waals surface area contributed by atoms with E-state index in [1.54, 1.807) is 24.4 Å². The maximum Gasteiger partial charge on any atom is 0.357 e. The summed E-state index contributed by atoms with van der Waals surface area (Å²) in [6, 6.07) is 5.15. The van der Waals surface area contributed by atoms with Crippen LogP contribution in [-0.2, 0) is 4.74 Å². The van der Waals surface area contributed by atoms with Gasteiger partial charge in [0.2, 0.25) is 0 Å². The Morgan fingerprint density at radius 1 is 1.38 bits per heavy atom. The van der Waals surface area contributed by atoms with Crippen LogP contribution < -0.4 is 0 Å². The van der Waals surface area contributed by atoms with E-state index < -0.39 is 5.60 Å². The Balaban J connectivity index is 2.71. The lowest BCUT2D eigenvalue weighted by atomic mass is 10.2. The summed E-state index contributed by atoms with van der Waals surface area (Å²) in [7, 11) is 0. The molecule has 0 aliphatic heterocycles. The molecule has 0 bridgehead atoms. The number of aromatic nitrogens is 1. The summed E-state index contributed by atoms with van der Waals surface area (Å²) in [5.74, 6) is -0.381. The first-order valence-electron chi connectivity index (χ1n) is 4.13. The maximum atomic E-state index is 11.4. The van der Waals surface area contributed by atoms with Crippen LogP contribution in [0.2, 0.25) is 0 Å². The minimum absolute atomic E-state index is 0.345. The maximum absolute atomic E-state index is 11.4. The van der Waals surface area contributed by atoms with Gasteiger partial charge in [-0.25, -0.2) is 9.78 Å². The number of rotatable bonds is 1. The summed E-state index contributed by atoms with van der Waals surface area (Å²) in [5.41, 5.74) is -0.119. The van der Waals surface area contributed by atoms with E-state index in [4.69, 9.17) is 4.74 Å². The lowest BCUT2D eigenvalue weighted by molar-refractivity contribution is 0.00629. The van der Waals surface area contributed by atoms with Gasteiger partial charge >= 0.3 is 5.97 Å². The quantitative estimate of drug-likeness (QED) is 0.619. The predicted molar refractivity (Wildman–Crippen MR) is 49.4 cm³/mol. The van der Waals surface area contributed by atoms with Crippen LogP contribution in [0.5, 0.6) is 0 Å². The molecule has 1 rings (SSSR count). The second-order valence-electron chi connectivity index (χ2n) is 3.72. The molecule has 0 aromatic carbocycles. The number of pyridine rings is 1. The fraction of sp³-hybridized carbons (Fsp3) is 0.400. The molecule has 0 amide bonds. The van der Waals surface area contributed by atoms with Crippen LogP contribution in [0.4, 0.5) is 0 Å². The predicted octanol–water partition coefficient (Wildman–Crippen LogP) is 2.04. The van der Waals surface area contributed by atoms with Crippen molar-refractivity contribution in [2.45, 2.75) is 26.4 Å². The first kappa shape index (κ1) is 9.71. The Hall–Kier alpha value is -1.38. The first-order chi connectivity index (χ1) is 5.99. The summed E-state index contributed by atoms with van der Waals surface area (Å²) in [4.78, 5) is 15.3. The van der Waals surface area contributed by atoms with Gasteiger partial charge in [0.05, 0.1) is 0 Å². The molecular formula is C10H13NO2. The molecule has 0 saturated carbocycles. The zero-order valence-electron chi connectivity index (χ0n) is 8.07. The number of carbonyl (C=O) groups excluding carboxylic acids is 1. The van der Waals surface area contributed by atoms with Crippen LogP contribution in [-0.4, -0.2) is 16.6 Å². The van der Waals surface area contributed by atoms with Gasteiger partial charge in [0.25, 0.3) is 0 Å². The summed E-state index contributed by atoms with van der Waals surface area (Å²) < 4.78 is 5.12. The third kappa shape index (κ3) is 3.23. The molecule has 0 aliphatic rings. The molecule has 1 heterocycles. The smallest absolute Gasteiger partial charge is 0.357 e. The SMILES string of the molecule is CC(C)(C)OC(=O)c1ccccn1. The Morgan fingerprint density at radius 3 is 2.54 bits per heavy atom. The molecular weight excluding hydrogens is 166 g/mol. The Labute approximate surface area is 77.8 Å². The molecule has 13 heavy (non-hydrogen) atoms. The van der Waals surface area contributed by atoms with E-state index in [-0.39, 0.29) is 5.97 Å². The highest BCUT2D eigenvalue weighted by Crippen LogP contribution is 2.09. The van der Waals surface area contributed by atoms with Gasteiger partial charge in [0.15, 0.2) is 0 Å². The van der Waals surface area contributed by atoms with Crippen LogP contribution in [0.1, 0.15) is 31.3 Å². The van der Waals surface area contributed by atoms with Crippen molar-refractivity contribution in [1.29, 1.82) is 0 Å². The highest BCUT2D eigenvalue weighted by atomic mass is 16.6. The number of nitrogens with zero attached hydrogens (tertiary/aromatic N) is 1. The summed E-state index contributed by atoms with van der Waals surface area (Å²) in [6.45, 7) is 5.48. The van der Waals surface area contributed by atoms with Crippen molar-refractivity contribution < 1.29 is 9.53 Å². The minimum atomic E-state index is -0.464. The minimum Gasteiger partial charge on any atom is -0.455 e. The van der Waals surface area contributed by atoms with Crippen molar-refractivity contribution in [1.82, 2.24) is 4.98 Å². The van der Waals surface area contributed by atoms with Gasteiger partial charge in [-0.15, -0.1) is 0 Å². The largest absolute Gasteiger partial charge is 0.455 e. The topological polar surface area (TPSA) is 39.2 Å². The Morgan fingerprint density at radius 2 is 2.08 bits per heavy atom. The van der Waals surface area contributed by atoms with Gasteiger partial charge in [0.1, 0.15) is 11.3 Å². The molecule has 1 aromatic heterocycles. The average Bonchev–Trinajstić information content (AvgIpc) is 2.03. The third-order valence-electron chi connectivity index (χ3n) is 1.27. The van der Waals surface area contributed by atoms with Crippen molar-refractivity contribution in [3.63, 3.8) is 0 Å². The lowest BCUT2D eigenvalue weighted by Gasteiger charge is -2.18. The van der Waals surface area contributed by atoms with Crippen molar-refractivity contribution in [3.8, 4) is 0 Å². The van der Waals surface area contributed by atoms with E-state index in [2.05, 4.69) is 4.98 Å². The van der Waals surface area contributed by atoms with Crippen LogP contribution >= 0.6 is 0 Å². The molecule has 0 aliphatic carbocycles. The van der Waals surface area contributed by atoms with Crippen molar-refractivity contribution in [2.75, 3.05) is 0 Å². The van der Waals surface area contributed by atoms with Crippen molar-refractivity contribution in [2.24, 2.45) is 0 Å². The van der Waals surface area contributed by atoms with Crippen molar-refractivity contribution >= 4 is 5.97 Å². The zero-order chi connectivity index (χ0) is 9.90. The standard InChI is InChI=1S/C10H13NO2/c1-10(2,3)13-9(12)8-6-4-5-7-11-8/h4-7H,1-3H3. The number of hydrogen-bond acceptors (Lipinski definition) is 3. The molecule has 70 valence electrons. The molecule has 1 aromatic rings. The Bertz CT molecular complexity index is 288. The van der Waals surface area contributed by atoms with E-state index >= 15 is 0 Å². The number of carbonyl (C=O) groups is 1. The van der Waals surface area contributed by atoms with Gasteiger partial charge in [-0.05, 0) is 32.9 Å². The molecule has 3 nitrogen and oxygen atoms in total.